The second-order valence-corrected chi connectivity index (χ2v) is 8.52. The molecule has 0 spiro atoms. The second kappa shape index (κ2) is 9.89. The monoisotopic (exact) mass is 414 g/mol. The molecule has 5 atom stereocenters. The lowest BCUT2D eigenvalue weighted by molar-refractivity contribution is -0.192. The number of nitrogens with zero attached hydrogens (tertiary/aromatic N) is 2. The predicted molar refractivity (Wildman–Crippen MR) is 108 cm³/mol. The van der Waals surface area contributed by atoms with Crippen molar-refractivity contribution in [1.82, 2.24) is 4.90 Å². The van der Waals surface area contributed by atoms with E-state index in [2.05, 4.69) is 18.2 Å². The van der Waals surface area contributed by atoms with Crippen LogP contribution in [0.15, 0.2) is 30.3 Å². The smallest absolute Gasteiger partial charge is 0.416 e. The molecule has 0 aromatic heterocycles. The van der Waals surface area contributed by atoms with Gasteiger partial charge in [0, 0.05) is 7.05 Å². The van der Waals surface area contributed by atoms with Gasteiger partial charge in [-0.15, -0.1) is 13.2 Å². The van der Waals surface area contributed by atoms with Gasteiger partial charge >= 0.3 is 6.09 Å². The van der Waals surface area contributed by atoms with Crippen LogP contribution in [-0.2, 0) is 18.9 Å². The molecule has 0 aliphatic carbocycles. The lowest BCUT2D eigenvalue weighted by atomic mass is 9.98. The zero-order chi connectivity index (χ0) is 20.9. The first-order valence-electron chi connectivity index (χ1n) is 9.14. The van der Waals surface area contributed by atoms with E-state index in [1.807, 2.05) is 0 Å². The molecule has 0 radical (unpaired) electrons. The van der Waals surface area contributed by atoms with Crippen LogP contribution in [-0.4, -0.2) is 83.5 Å². The molecular formula is C19H30N2O6S. The molecular weight excluding hydrogens is 384 g/mol. The molecule has 1 saturated heterocycles. The lowest BCUT2D eigenvalue weighted by Gasteiger charge is -2.41. The normalized spacial score (nSPS) is 29.6. The zero-order valence-corrected chi connectivity index (χ0v) is 17.7. The summed E-state index contributed by atoms with van der Waals surface area (Å²) >= 11 is 1.30. The van der Waals surface area contributed by atoms with E-state index in [4.69, 9.17) is 18.9 Å². The number of carbonyl (C=O) groups excluding carboxylic acids is 1. The number of fused-ring (bicyclic) bond motifs is 1. The number of aliphatic hydroxyl groups excluding tert-OH is 1. The quantitative estimate of drug-likeness (QED) is 0.639. The maximum Gasteiger partial charge on any atom is 0.416 e. The lowest BCUT2D eigenvalue weighted by Crippen LogP contribution is -2.58. The second-order valence-electron chi connectivity index (χ2n) is 7.46. The van der Waals surface area contributed by atoms with Crippen LogP contribution in [0, 0.1) is 0 Å². The van der Waals surface area contributed by atoms with Crippen molar-refractivity contribution in [2.45, 2.75) is 56.2 Å². The Morgan fingerprint density at radius 3 is 2.43 bits per heavy atom. The number of hydrogen-bond donors (Lipinski definition) is 1. The first-order chi connectivity index (χ1) is 13.2. The summed E-state index contributed by atoms with van der Waals surface area (Å²) in [6.07, 6.45) is 1.19. The molecule has 158 valence electrons. The Bertz CT molecular complexity index is 606. The average Bonchev–Trinajstić information content (AvgIpc) is 3.05. The van der Waals surface area contributed by atoms with E-state index >= 15 is 0 Å². The number of hydrogen-bond acceptors (Lipinski definition) is 8. The van der Waals surface area contributed by atoms with Crippen molar-refractivity contribution >= 4 is 23.0 Å². The van der Waals surface area contributed by atoms with Crippen LogP contribution in [0.1, 0.15) is 20.8 Å². The number of aliphatic imine (C=N–C) groups is 1. The van der Waals surface area contributed by atoms with Gasteiger partial charge in [0.15, 0.2) is 5.17 Å². The summed E-state index contributed by atoms with van der Waals surface area (Å²) in [6.45, 7) is 13.1. The summed E-state index contributed by atoms with van der Waals surface area (Å²) in [5.41, 5.74) is -1.02. The van der Waals surface area contributed by atoms with E-state index in [1.54, 1.807) is 40.0 Å². The summed E-state index contributed by atoms with van der Waals surface area (Å²) in [4.78, 5) is 18.4. The Kier molecular flexibility index (Phi) is 8.08. The summed E-state index contributed by atoms with van der Waals surface area (Å²) in [5.74, 6) is 0. The van der Waals surface area contributed by atoms with Crippen molar-refractivity contribution in [3.05, 3.63) is 25.3 Å². The van der Waals surface area contributed by atoms with Crippen LogP contribution in [0.25, 0.3) is 0 Å². The van der Waals surface area contributed by atoms with Crippen LogP contribution >= 0.6 is 11.8 Å². The average molecular weight is 415 g/mol. The SMILES string of the molecule is C=CCO[C@@H]1[C@H]2N=C(N(C)C(=O)OC(C)(C)C)S[C@H]2O[C@H](CO)[C@H]1OCC=C. The fourth-order valence-corrected chi connectivity index (χ4v) is 4.04. The highest BCUT2D eigenvalue weighted by Gasteiger charge is 2.51. The van der Waals surface area contributed by atoms with E-state index in [1.165, 1.54) is 16.7 Å². The van der Waals surface area contributed by atoms with Crippen LogP contribution < -0.4 is 0 Å². The number of ether oxygens (including phenoxy) is 4. The van der Waals surface area contributed by atoms with Gasteiger partial charge in [-0.3, -0.25) is 9.89 Å². The minimum Gasteiger partial charge on any atom is -0.443 e. The maximum atomic E-state index is 12.4. The minimum absolute atomic E-state index is 0.225. The third-order valence-electron chi connectivity index (χ3n) is 4.04. The Morgan fingerprint density at radius 2 is 1.89 bits per heavy atom. The molecule has 2 aliphatic heterocycles. The Morgan fingerprint density at radius 1 is 1.29 bits per heavy atom. The first-order valence-corrected chi connectivity index (χ1v) is 10.0. The van der Waals surface area contributed by atoms with Gasteiger partial charge in [-0.25, -0.2) is 4.79 Å². The van der Waals surface area contributed by atoms with E-state index in [-0.39, 0.29) is 13.2 Å². The maximum absolute atomic E-state index is 12.4. The van der Waals surface area contributed by atoms with Gasteiger partial charge in [-0.1, -0.05) is 23.9 Å². The molecule has 1 N–H and O–H groups in total. The van der Waals surface area contributed by atoms with Crippen LogP contribution in [0.2, 0.25) is 0 Å². The zero-order valence-electron chi connectivity index (χ0n) is 16.9. The molecule has 1 fully saturated rings. The van der Waals surface area contributed by atoms with Crippen LogP contribution in [0.5, 0.6) is 0 Å². The van der Waals surface area contributed by atoms with Crippen LogP contribution in [0.4, 0.5) is 4.79 Å². The highest BCUT2D eigenvalue weighted by Crippen LogP contribution is 2.39. The van der Waals surface area contributed by atoms with E-state index < -0.39 is 41.5 Å². The van der Waals surface area contributed by atoms with Gasteiger partial charge < -0.3 is 24.1 Å². The number of aliphatic hydroxyl groups is 1. The number of rotatable bonds is 7. The first kappa shape index (κ1) is 22.9. The van der Waals surface area contributed by atoms with Crippen molar-refractivity contribution in [2.24, 2.45) is 4.99 Å². The largest absolute Gasteiger partial charge is 0.443 e. The van der Waals surface area contributed by atoms with Gasteiger partial charge in [-0.2, -0.15) is 0 Å². The number of amides is 1. The molecule has 2 aliphatic rings. The van der Waals surface area contributed by atoms with Crippen molar-refractivity contribution < 1.29 is 28.8 Å². The molecule has 28 heavy (non-hydrogen) atoms. The number of amidine groups is 1. The summed E-state index contributed by atoms with van der Waals surface area (Å²) in [5, 5.41) is 10.2. The van der Waals surface area contributed by atoms with Crippen molar-refractivity contribution in [3.63, 3.8) is 0 Å². The van der Waals surface area contributed by atoms with Crippen LogP contribution in [0.3, 0.4) is 0 Å². The molecule has 8 nitrogen and oxygen atoms in total. The van der Waals surface area contributed by atoms with Gasteiger partial charge in [-0.05, 0) is 20.8 Å². The fourth-order valence-electron chi connectivity index (χ4n) is 2.86. The van der Waals surface area contributed by atoms with Gasteiger partial charge in [0.2, 0.25) is 0 Å². The van der Waals surface area contributed by atoms with Crippen molar-refractivity contribution in [3.8, 4) is 0 Å². The molecule has 0 bridgehead atoms. The van der Waals surface area contributed by atoms with Gasteiger partial charge in [0.25, 0.3) is 0 Å². The third-order valence-corrected chi connectivity index (χ3v) is 5.26. The number of carbonyl (C=O) groups is 1. The molecule has 0 aromatic rings. The fraction of sp³-hybridized carbons (Fsp3) is 0.684. The van der Waals surface area contributed by atoms with Gasteiger partial charge in [0.1, 0.15) is 35.4 Å². The van der Waals surface area contributed by atoms with E-state index in [0.29, 0.717) is 11.8 Å². The Labute approximate surface area is 170 Å². The number of thioether (sulfide) groups is 1. The summed E-state index contributed by atoms with van der Waals surface area (Å²) < 4.78 is 23.2. The standard InChI is InChI=1S/C19H30N2O6S/c1-7-9-24-14-12(11-22)26-16-13(15(14)25-10-8-2)20-17(28-16)21(6)18(23)27-19(3,4)5/h7-8,12-16,22H,1-2,9-11H2,3-6H3/t12-,13-,14-,15-,16-/m1/s1. The summed E-state index contributed by atoms with van der Waals surface area (Å²) in [7, 11) is 1.60. The molecule has 0 saturated carbocycles. The molecule has 1 amide bonds. The molecule has 2 rings (SSSR count). The predicted octanol–water partition coefficient (Wildman–Crippen LogP) is 2.18. The van der Waals surface area contributed by atoms with Crippen molar-refractivity contribution in [2.75, 3.05) is 26.9 Å². The molecule has 0 unspecified atom stereocenters. The summed E-state index contributed by atoms with van der Waals surface area (Å²) in [6, 6.07) is -0.401. The Balaban J connectivity index is 2.22. The topological polar surface area (TPSA) is 89.8 Å². The molecule has 0 aromatic carbocycles. The Hall–Kier alpha value is -1.39. The van der Waals surface area contributed by atoms with E-state index in [0.717, 1.165) is 0 Å². The van der Waals surface area contributed by atoms with Crippen molar-refractivity contribution in [1.29, 1.82) is 0 Å². The van der Waals surface area contributed by atoms with E-state index in [9.17, 15) is 9.90 Å². The van der Waals surface area contributed by atoms with Gasteiger partial charge in [0.05, 0.1) is 19.8 Å². The highest BCUT2D eigenvalue weighted by molar-refractivity contribution is 8.14. The highest BCUT2D eigenvalue weighted by atomic mass is 32.2. The molecule has 9 heteroatoms. The third kappa shape index (κ3) is 5.57. The minimum atomic E-state index is -0.611. The molecule has 2 heterocycles.